The van der Waals surface area contributed by atoms with Crippen molar-refractivity contribution in [2.24, 2.45) is 0 Å². The first-order valence-electron chi connectivity index (χ1n) is 10.7. The lowest BCUT2D eigenvalue weighted by Gasteiger charge is -2.23. The number of rotatable bonds is 9. The Morgan fingerprint density at radius 3 is 2.39 bits per heavy atom. The normalized spacial score (nSPS) is 14.6. The van der Waals surface area contributed by atoms with Crippen LogP contribution in [0.25, 0.3) is 0 Å². The molecule has 0 radical (unpaired) electrons. The highest BCUT2D eigenvalue weighted by atomic mass is 16.5. The maximum atomic E-state index is 12.4. The number of amides is 1. The molecule has 0 aromatic heterocycles. The summed E-state index contributed by atoms with van der Waals surface area (Å²) in [4.78, 5) is 17.0. The van der Waals surface area contributed by atoms with Gasteiger partial charge in [0.25, 0.3) is 0 Å². The molecule has 0 saturated carbocycles. The molecule has 2 aromatic carbocycles. The van der Waals surface area contributed by atoms with Crippen LogP contribution in [0.15, 0.2) is 42.5 Å². The molecule has 0 aliphatic carbocycles. The molecular weight excluding hydrogens is 394 g/mol. The summed E-state index contributed by atoms with van der Waals surface area (Å²) < 4.78 is 15.8. The summed E-state index contributed by atoms with van der Waals surface area (Å²) in [6.07, 6.45) is 1.78. The minimum atomic E-state index is 0.0679. The van der Waals surface area contributed by atoms with Gasteiger partial charge in [0.15, 0.2) is 11.5 Å². The van der Waals surface area contributed by atoms with Crippen molar-refractivity contribution in [3.8, 4) is 17.2 Å². The van der Waals surface area contributed by atoms with E-state index in [0.717, 1.165) is 50.3 Å². The summed E-state index contributed by atoms with van der Waals surface area (Å²) in [6, 6.07) is 14.0. The molecule has 7 nitrogen and oxygen atoms in total. The van der Waals surface area contributed by atoms with Crippen LogP contribution < -0.4 is 24.4 Å². The highest BCUT2D eigenvalue weighted by molar-refractivity contribution is 5.78. The first-order chi connectivity index (χ1) is 15.1. The quantitative estimate of drug-likeness (QED) is 0.664. The SMILES string of the molecule is COc1ccc(N2CCCN(CC(=O)NCCc3ccc(OC)c(OC)c3)CC2)cc1. The third kappa shape index (κ3) is 6.52. The molecule has 0 bridgehead atoms. The summed E-state index contributed by atoms with van der Waals surface area (Å²) in [6.45, 7) is 4.72. The van der Waals surface area contributed by atoms with E-state index in [1.807, 2.05) is 30.3 Å². The van der Waals surface area contributed by atoms with Crippen LogP contribution in [-0.4, -0.2) is 71.4 Å². The number of hydrogen-bond donors (Lipinski definition) is 1. The number of anilines is 1. The van der Waals surface area contributed by atoms with Crippen LogP contribution in [0, 0.1) is 0 Å². The zero-order valence-corrected chi connectivity index (χ0v) is 18.7. The fourth-order valence-electron chi connectivity index (χ4n) is 3.82. The highest BCUT2D eigenvalue weighted by Gasteiger charge is 2.17. The Hall–Kier alpha value is -2.93. The van der Waals surface area contributed by atoms with E-state index in [9.17, 15) is 4.79 Å². The molecule has 3 rings (SSSR count). The Morgan fingerprint density at radius 1 is 0.903 bits per heavy atom. The van der Waals surface area contributed by atoms with Crippen molar-refractivity contribution in [2.75, 3.05) is 65.5 Å². The first-order valence-corrected chi connectivity index (χ1v) is 10.7. The molecule has 0 atom stereocenters. The molecule has 1 aliphatic rings. The Morgan fingerprint density at radius 2 is 1.68 bits per heavy atom. The van der Waals surface area contributed by atoms with E-state index in [2.05, 4.69) is 27.2 Å². The second-order valence-corrected chi connectivity index (χ2v) is 7.60. The first kappa shape index (κ1) is 22.7. The summed E-state index contributed by atoms with van der Waals surface area (Å²) in [5, 5.41) is 3.04. The lowest BCUT2D eigenvalue weighted by molar-refractivity contribution is -0.122. The van der Waals surface area contributed by atoms with E-state index in [4.69, 9.17) is 14.2 Å². The standard InChI is InChI=1S/C24H33N3O4/c1-29-21-8-6-20(7-9-21)27-14-4-13-26(15-16-27)18-24(28)25-12-11-19-5-10-22(30-2)23(17-19)31-3/h5-10,17H,4,11-16,18H2,1-3H3,(H,25,28). The van der Waals surface area contributed by atoms with Crippen LogP contribution in [0.4, 0.5) is 5.69 Å². The smallest absolute Gasteiger partial charge is 0.234 e. The van der Waals surface area contributed by atoms with Crippen molar-refractivity contribution < 1.29 is 19.0 Å². The van der Waals surface area contributed by atoms with E-state index in [0.29, 0.717) is 24.6 Å². The second kappa shape index (κ2) is 11.5. The fraction of sp³-hybridized carbons (Fsp3) is 0.458. The number of nitrogens with zero attached hydrogens (tertiary/aromatic N) is 2. The van der Waals surface area contributed by atoms with Gasteiger partial charge in [0.05, 0.1) is 27.9 Å². The average Bonchev–Trinajstić information content (AvgIpc) is 3.04. The number of ether oxygens (including phenoxy) is 3. The van der Waals surface area contributed by atoms with Crippen molar-refractivity contribution in [2.45, 2.75) is 12.8 Å². The van der Waals surface area contributed by atoms with E-state index >= 15 is 0 Å². The molecule has 2 aromatic rings. The Bertz CT molecular complexity index is 841. The fourth-order valence-corrected chi connectivity index (χ4v) is 3.82. The van der Waals surface area contributed by atoms with Gasteiger partial charge in [0.1, 0.15) is 5.75 Å². The number of methoxy groups -OCH3 is 3. The van der Waals surface area contributed by atoms with Gasteiger partial charge in [-0.2, -0.15) is 0 Å². The topological polar surface area (TPSA) is 63.3 Å². The van der Waals surface area contributed by atoms with Crippen molar-refractivity contribution in [1.82, 2.24) is 10.2 Å². The number of carbonyl (C=O) groups excluding carboxylic acids is 1. The molecule has 7 heteroatoms. The van der Waals surface area contributed by atoms with Crippen molar-refractivity contribution >= 4 is 11.6 Å². The number of carbonyl (C=O) groups is 1. The predicted octanol–water partition coefficient (Wildman–Crippen LogP) is 2.58. The van der Waals surface area contributed by atoms with Gasteiger partial charge in [0.2, 0.25) is 5.91 Å². The summed E-state index contributed by atoms with van der Waals surface area (Å²) in [7, 11) is 4.93. The van der Waals surface area contributed by atoms with Gasteiger partial charge < -0.3 is 24.4 Å². The molecule has 1 aliphatic heterocycles. The van der Waals surface area contributed by atoms with Crippen LogP contribution in [0.2, 0.25) is 0 Å². The van der Waals surface area contributed by atoms with E-state index in [1.165, 1.54) is 5.69 Å². The summed E-state index contributed by atoms with van der Waals surface area (Å²) >= 11 is 0. The monoisotopic (exact) mass is 427 g/mol. The third-order valence-electron chi connectivity index (χ3n) is 5.58. The lowest BCUT2D eigenvalue weighted by atomic mass is 10.1. The molecule has 1 fully saturated rings. The third-order valence-corrected chi connectivity index (χ3v) is 5.58. The van der Waals surface area contributed by atoms with Gasteiger partial charge in [-0.25, -0.2) is 0 Å². The van der Waals surface area contributed by atoms with Crippen molar-refractivity contribution in [1.29, 1.82) is 0 Å². The van der Waals surface area contributed by atoms with Gasteiger partial charge in [-0.1, -0.05) is 6.07 Å². The average molecular weight is 428 g/mol. The molecule has 1 N–H and O–H groups in total. The predicted molar refractivity (Wildman–Crippen MR) is 123 cm³/mol. The van der Waals surface area contributed by atoms with Gasteiger partial charge >= 0.3 is 0 Å². The van der Waals surface area contributed by atoms with Crippen LogP contribution in [0.5, 0.6) is 17.2 Å². The van der Waals surface area contributed by atoms with Crippen LogP contribution in [0.1, 0.15) is 12.0 Å². The maximum Gasteiger partial charge on any atom is 0.234 e. The molecule has 31 heavy (non-hydrogen) atoms. The van der Waals surface area contributed by atoms with Gasteiger partial charge in [-0.3, -0.25) is 9.69 Å². The van der Waals surface area contributed by atoms with Crippen molar-refractivity contribution in [3.05, 3.63) is 48.0 Å². The van der Waals surface area contributed by atoms with E-state index in [-0.39, 0.29) is 5.91 Å². The number of nitrogens with one attached hydrogen (secondary N) is 1. The minimum absolute atomic E-state index is 0.0679. The van der Waals surface area contributed by atoms with Gasteiger partial charge in [-0.15, -0.1) is 0 Å². The number of benzene rings is 2. The largest absolute Gasteiger partial charge is 0.497 e. The molecule has 1 heterocycles. The molecule has 0 unspecified atom stereocenters. The molecule has 0 spiro atoms. The highest BCUT2D eigenvalue weighted by Crippen LogP contribution is 2.27. The Kier molecular flexibility index (Phi) is 8.41. The van der Waals surface area contributed by atoms with E-state index < -0.39 is 0 Å². The van der Waals surface area contributed by atoms with Crippen LogP contribution >= 0.6 is 0 Å². The zero-order valence-electron chi connectivity index (χ0n) is 18.7. The van der Waals surface area contributed by atoms with E-state index in [1.54, 1.807) is 21.3 Å². The van der Waals surface area contributed by atoms with Crippen LogP contribution in [0.3, 0.4) is 0 Å². The Balaban J connectivity index is 1.42. The van der Waals surface area contributed by atoms with Crippen LogP contribution in [-0.2, 0) is 11.2 Å². The summed E-state index contributed by atoms with van der Waals surface area (Å²) in [5.41, 5.74) is 2.30. The molecule has 168 valence electrons. The summed E-state index contributed by atoms with van der Waals surface area (Å²) in [5.74, 6) is 2.35. The Labute approximate surface area is 184 Å². The molecule has 1 saturated heterocycles. The zero-order chi connectivity index (χ0) is 22.1. The second-order valence-electron chi connectivity index (χ2n) is 7.60. The molecular formula is C24H33N3O4. The lowest BCUT2D eigenvalue weighted by Crippen LogP contribution is -2.39. The maximum absolute atomic E-state index is 12.4. The minimum Gasteiger partial charge on any atom is -0.497 e. The van der Waals surface area contributed by atoms with Crippen molar-refractivity contribution in [3.63, 3.8) is 0 Å². The van der Waals surface area contributed by atoms with Gasteiger partial charge in [0, 0.05) is 38.4 Å². The van der Waals surface area contributed by atoms with Gasteiger partial charge in [-0.05, 0) is 54.8 Å². The number of hydrogen-bond acceptors (Lipinski definition) is 6. The molecule has 1 amide bonds.